The first-order valence-corrected chi connectivity index (χ1v) is 4.70. The molecular weight excluding hydrogens is 212 g/mol. The number of aromatic nitrogens is 1. The second kappa shape index (κ2) is 4.18. The molecule has 0 aromatic carbocycles. The largest absolute Gasteiger partial charge is 0.476 e. The van der Waals surface area contributed by atoms with Crippen molar-refractivity contribution in [2.75, 3.05) is 12.4 Å². The minimum absolute atomic E-state index is 0.114. The summed E-state index contributed by atoms with van der Waals surface area (Å²) < 4.78 is 9.82. The molecule has 0 spiro atoms. The number of pyridine rings is 1. The quantitative estimate of drug-likeness (QED) is 0.730. The van der Waals surface area contributed by atoms with Crippen molar-refractivity contribution in [2.45, 2.75) is 12.5 Å². The summed E-state index contributed by atoms with van der Waals surface area (Å²) in [7, 11) is 1.26. The fraction of sp³-hybridized carbons (Fsp3) is 0.300. The van der Waals surface area contributed by atoms with E-state index in [1.807, 2.05) is 0 Å². The molecule has 2 heterocycles. The molecule has 1 aliphatic heterocycles. The highest BCUT2D eigenvalue weighted by atomic mass is 16.5. The fourth-order valence-electron chi connectivity index (χ4n) is 1.35. The van der Waals surface area contributed by atoms with Gasteiger partial charge in [-0.05, 0) is 12.1 Å². The average Bonchev–Trinajstić information content (AvgIpc) is 2.30. The molecule has 1 atom stereocenters. The Morgan fingerprint density at radius 2 is 2.50 bits per heavy atom. The highest BCUT2D eigenvalue weighted by Crippen LogP contribution is 2.27. The van der Waals surface area contributed by atoms with Crippen molar-refractivity contribution >= 4 is 17.7 Å². The van der Waals surface area contributed by atoms with Gasteiger partial charge in [0.1, 0.15) is 0 Å². The second-order valence-electron chi connectivity index (χ2n) is 3.23. The SMILES string of the molecule is COC(=O)CC1Oc2cccnc2NC1=O. The van der Waals surface area contributed by atoms with Gasteiger partial charge in [0.05, 0.1) is 13.5 Å². The zero-order valence-corrected chi connectivity index (χ0v) is 8.60. The molecular formula is C10H10N2O4. The van der Waals surface area contributed by atoms with Crippen molar-refractivity contribution in [3.05, 3.63) is 18.3 Å². The Labute approximate surface area is 91.6 Å². The molecule has 0 saturated carbocycles. The summed E-state index contributed by atoms with van der Waals surface area (Å²) in [6.07, 6.45) is 0.573. The summed E-state index contributed by atoms with van der Waals surface area (Å²) in [6, 6.07) is 3.36. The number of anilines is 1. The summed E-state index contributed by atoms with van der Waals surface area (Å²) in [5.41, 5.74) is 0. The minimum Gasteiger partial charge on any atom is -0.476 e. The number of nitrogens with one attached hydrogen (secondary N) is 1. The Balaban J connectivity index is 2.15. The Morgan fingerprint density at radius 1 is 1.69 bits per heavy atom. The van der Waals surface area contributed by atoms with Crippen LogP contribution in [0, 0.1) is 0 Å². The van der Waals surface area contributed by atoms with Gasteiger partial charge in [-0.15, -0.1) is 0 Å². The normalized spacial score (nSPS) is 18.1. The number of nitrogens with zero attached hydrogens (tertiary/aromatic N) is 1. The lowest BCUT2D eigenvalue weighted by molar-refractivity contribution is -0.145. The molecule has 0 fully saturated rings. The molecule has 0 saturated heterocycles. The molecule has 6 heteroatoms. The predicted molar refractivity (Wildman–Crippen MR) is 53.9 cm³/mol. The van der Waals surface area contributed by atoms with Gasteiger partial charge in [-0.1, -0.05) is 0 Å². The van der Waals surface area contributed by atoms with E-state index in [2.05, 4.69) is 15.0 Å². The zero-order chi connectivity index (χ0) is 11.5. The molecule has 16 heavy (non-hydrogen) atoms. The number of methoxy groups -OCH3 is 1. The van der Waals surface area contributed by atoms with Crippen LogP contribution in [0.3, 0.4) is 0 Å². The monoisotopic (exact) mass is 222 g/mol. The van der Waals surface area contributed by atoms with Gasteiger partial charge in [0.2, 0.25) is 0 Å². The van der Waals surface area contributed by atoms with Crippen molar-refractivity contribution in [3.63, 3.8) is 0 Å². The van der Waals surface area contributed by atoms with Crippen LogP contribution in [0.1, 0.15) is 6.42 Å². The topological polar surface area (TPSA) is 77.5 Å². The van der Waals surface area contributed by atoms with Gasteiger partial charge in [0.15, 0.2) is 17.7 Å². The zero-order valence-electron chi connectivity index (χ0n) is 8.60. The van der Waals surface area contributed by atoms with E-state index in [1.54, 1.807) is 18.3 Å². The number of carbonyl (C=O) groups excluding carboxylic acids is 2. The summed E-state index contributed by atoms with van der Waals surface area (Å²) in [4.78, 5) is 26.5. The molecule has 2 rings (SSSR count). The maximum absolute atomic E-state index is 11.5. The predicted octanol–water partition coefficient (Wildman–Crippen LogP) is 0.344. The second-order valence-corrected chi connectivity index (χ2v) is 3.23. The Hall–Kier alpha value is -2.11. The Kier molecular flexibility index (Phi) is 2.72. The van der Waals surface area contributed by atoms with E-state index in [0.29, 0.717) is 11.6 Å². The lowest BCUT2D eigenvalue weighted by atomic mass is 10.2. The van der Waals surface area contributed by atoms with Crippen LogP contribution in [0.4, 0.5) is 5.82 Å². The van der Waals surface area contributed by atoms with Crippen molar-refractivity contribution in [1.29, 1.82) is 0 Å². The van der Waals surface area contributed by atoms with E-state index in [0.717, 1.165) is 0 Å². The van der Waals surface area contributed by atoms with Crippen molar-refractivity contribution < 1.29 is 19.1 Å². The van der Waals surface area contributed by atoms with E-state index in [9.17, 15) is 9.59 Å². The molecule has 0 radical (unpaired) electrons. The van der Waals surface area contributed by atoms with Crippen molar-refractivity contribution in [3.8, 4) is 5.75 Å². The smallest absolute Gasteiger partial charge is 0.309 e. The third-order valence-corrected chi connectivity index (χ3v) is 2.15. The van der Waals surface area contributed by atoms with Gasteiger partial charge in [-0.3, -0.25) is 9.59 Å². The molecule has 0 aliphatic carbocycles. The van der Waals surface area contributed by atoms with E-state index in [-0.39, 0.29) is 6.42 Å². The standard InChI is InChI=1S/C10H10N2O4/c1-15-8(13)5-7-10(14)12-9-6(16-7)3-2-4-11-9/h2-4,7H,5H2,1H3,(H,11,12,14). The number of hydrogen-bond donors (Lipinski definition) is 1. The van der Waals surface area contributed by atoms with Gasteiger partial charge < -0.3 is 14.8 Å². The van der Waals surface area contributed by atoms with E-state index in [1.165, 1.54) is 7.11 Å². The number of ether oxygens (including phenoxy) is 2. The Bertz CT molecular complexity index is 433. The lowest BCUT2D eigenvalue weighted by Gasteiger charge is -2.23. The minimum atomic E-state index is -0.857. The van der Waals surface area contributed by atoms with Gasteiger partial charge in [-0.25, -0.2) is 4.98 Å². The first-order chi connectivity index (χ1) is 7.70. The van der Waals surface area contributed by atoms with Crippen LogP contribution < -0.4 is 10.1 Å². The summed E-state index contributed by atoms with van der Waals surface area (Å²) in [6.45, 7) is 0. The van der Waals surface area contributed by atoms with Gasteiger partial charge in [0.25, 0.3) is 5.91 Å². The van der Waals surface area contributed by atoms with Crippen molar-refractivity contribution in [1.82, 2.24) is 4.98 Å². The maximum Gasteiger partial charge on any atom is 0.309 e. The van der Waals surface area contributed by atoms with Crippen LogP contribution in [0.15, 0.2) is 18.3 Å². The lowest BCUT2D eigenvalue weighted by Crippen LogP contribution is -2.39. The number of carbonyl (C=O) groups is 2. The summed E-state index contributed by atoms with van der Waals surface area (Å²) in [5, 5.41) is 2.56. The van der Waals surface area contributed by atoms with Crippen LogP contribution in [-0.4, -0.2) is 30.1 Å². The molecule has 1 aromatic heterocycles. The van der Waals surface area contributed by atoms with Gasteiger partial charge in [-0.2, -0.15) is 0 Å². The number of fused-ring (bicyclic) bond motifs is 1. The van der Waals surface area contributed by atoms with Crippen LogP contribution in [0.2, 0.25) is 0 Å². The number of hydrogen-bond acceptors (Lipinski definition) is 5. The first-order valence-electron chi connectivity index (χ1n) is 4.70. The van der Waals surface area contributed by atoms with Crippen molar-refractivity contribution in [2.24, 2.45) is 0 Å². The highest BCUT2D eigenvalue weighted by Gasteiger charge is 2.30. The van der Waals surface area contributed by atoms with Crippen LogP contribution in [0.25, 0.3) is 0 Å². The van der Waals surface area contributed by atoms with Gasteiger partial charge in [0, 0.05) is 6.20 Å². The highest BCUT2D eigenvalue weighted by molar-refractivity contribution is 5.98. The molecule has 0 bridgehead atoms. The third-order valence-electron chi connectivity index (χ3n) is 2.15. The molecule has 1 aromatic rings. The average molecular weight is 222 g/mol. The summed E-state index contributed by atoms with van der Waals surface area (Å²) >= 11 is 0. The Morgan fingerprint density at radius 3 is 3.25 bits per heavy atom. The molecule has 6 nitrogen and oxygen atoms in total. The fourth-order valence-corrected chi connectivity index (χ4v) is 1.35. The molecule has 1 aliphatic rings. The number of rotatable bonds is 2. The number of esters is 1. The maximum atomic E-state index is 11.5. The van der Waals surface area contributed by atoms with E-state index >= 15 is 0 Å². The van der Waals surface area contributed by atoms with Crippen LogP contribution in [-0.2, 0) is 14.3 Å². The first kappa shape index (κ1) is 10.4. The molecule has 1 N–H and O–H groups in total. The van der Waals surface area contributed by atoms with E-state index in [4.69, 9.17) is 4.74 Å². The van der Waals surface area contributed by atoms with E-state index < -0.39 is 18.0 Å². The summed E-state index contributed by atoms with van der Waals surface area (Å²) in [5.74, 6) is -0.0614. The van der Waals surface area contributed by atoms with Crippen LogP contribution in [0.5, 0.6) is 5.75 Å². The molecule has 1 amide bonds. The third kappa shape index (κ3) is 1.95. The van der Waals surface area contributed by atoms with Crippen LogP contribution >= 0.6 is 0 Å². The molecule has 84 valence electrons. The molecule has 1 unspecified atom stereocenters. The van der Waals surface area contributed by atoms with Gasteiger partial charge >= 0.3 is 5.97 Å². The number of amides is 1.